The van der Waals surface area contributed by atoms with Crippen molar-refractivity contribution in [3.8, 4) is 0 Å². The Morgan fingerprint density at radius 2 is 1.29 bits per heavy atom. The molecule has 0 aliphatic rings. The average molecular weight is 213 g/mol. The maximum atomic E-state index is 1.74. The SMILES string of the molecule is [SiH3][SiH2][Si]([SiH3])([SiH3])[SiH2][SiH3]. The lowest BCUT2D eigenvalue weighted by atomic mass is 26.0. The number of rotatable bonds is 2. The zero-order valence-corrected chi connectivity index (χ0v) is 17.7. The quantitative estimate of drug-likeness (QED) is 0.400. The molecule has 0 aliphatic carbocycles. The van der Waals surface area contributed by atoms with E-state index in [1.807, 2.05) is 0 Å². The molecule has 44 valence electrons. The Balaban J connectivity index is 3.36. The maximum absolute atomic E-state index is 1.74. The van der Waals surface area contributed by atoms with Gasteiger partial charge < -0.3 is 0 Å². The molecule has 7 heavy (non-hydrogen) atoms. The molecular weight excluding hydrogens is 197 g/mol. The van der Waals surface area contributed by atoms with E-state index >= 15 is 0 Å². The Hall–Kier alpha value is 1.52. The van der Waals surface area contributed by atoms with Gasteiger partial charge in [0.15, 0.2) is 0 Å². The standard InChI is InChI=1S/H16Si7/c1-5-7(3,4)6-2/h5-6H2,1-4H3. The van der Waals surface area contributed by atoms with Gasteiger partial charge in [0.05, 0.1) is 0 Å². The molecule has 0 radical (unpaired) electrons. The fourth-order valence-electron chi connectivity index (χ4n) is 0.250. The van der Waals surface area contributed by atoms with Crippen LogP contribution >= 0.6 is 0 Å². The van der Waals surface area contributed by atoms with Gasteiger partial charge in [-0.3, -0.25) is 0 Å². The van der Waals surface area contributed by atoms with Gasteiger partial charge in [0, 0.05) is 0 Å². The van der Waals surface area contributed by atoms with Crippen LogP contribution in [0, 0.1) is 0 Å². The van der Waals surface area contributed by atoms with Crippen molar-refractivity contribution in [2.24, 2.45) is 0 Å². The van der Waals surface area contributed by atoms with E-state index < -0.39 is 0 Å². The zero-order chi connectivity index (χ0) is 5.91. The van der Waals surface area contributed by atoms with E-state index in [0.29, 0.717) is 0 Å². The molecule has 0 saturated carbocycles. The molecule has 0 rings (SSSR count). The van der Waals surface area contributed by atoms with Crippen LogP contribution in [0.25, 0.3) is 0 Å². The number of hydrogen-bond acceptors (Lipinski definition) is 0. The summed E-state index contributed by atoms with van der Waals surface area (Å²) in [5, 5.41) is 0. The predicted molar refractivity (Wildman–Crippen MR) is 62.6 cm³/mol. The van der Waals surface area contributed by atoms with E-state index in [0.717, 1.165) is 17.1 Å². The largest absolute Gasteiger partial charge is 0.0119 e. The lowest BCUT2D eigenvalue weighted by molar-refractivity contribution is 3.62. The zero-order valence-electron chi connectivity index (χ0n) is 5.91. The van der Waals surface area contributed by atoms with Crippen LogP contribution < -0.4 is 0 Å². The molecule has 0 heterocycles. The molecular formula is H16Si7. The van der Waals surface area contributed by atoms with Gasteiger partial charge in [-0.1, -0.05) is 0 Å². The average Bonchev–Trinajstić information content (AvgIpc) is 1.68. The van der Waals surface area contributed by atoms with Gasteiger partial charge in [-0.25, -0.2) is 0 Å². The predicted octanol–water partition coefficient (Wildman–Crippen LogP) is -6.95. The second-order valence-corrected chi connectivity index (χ2v) is 77.5. The molecule has 0 N–H and O–H groups in total. The summed E-state index contributed by atoms with van der Waals surface area (Å²) in [6.45, 7) is 0. The van der Waals surface area contributed by atoms with Gasteiger partial charge in [-0.2, -0.15) is 0 Å². The third-order valence-electron chi connectivity index (χ3n) is 1.91. The normalized spacial score (nSPS) is 24.0. The molecule has 0 spiro atoms. The Morgan fingerprint density at radius 3 is 1.29 bits per heavy atom. The molecule has 0 nitrogen and oxygen atoms in total. The minimum atomic E-state index is 0.0278. The monoisotopic (exact) mass is 212 g/mol. The number of hydrogen-bond donors (Lipinski definition) is 0. The van der Waals surface area contributed by atoms with Crippen molar-refractivity contribution in [3.05, 3.63) is 0 Å². The van der Waals surface area contributed by atoms with E-state index in [1.165, 1.54) is 0 Å². The molecule has 0 fully saturated rings. The van der Waals surface area contributed by atoms with Crippen LogP contribution in [0.5, 0.6) is 0 Å². The van der Waals surface area contributed by atoms with E-state index in [4.69, 9.17) is 0 Å². The maximum Gasteiger partial charge on any atom is -0.00590 e. The van der Waals surface area contributed by atoms with Gasteiger partial charge in [-0.15, -0.1) is 0 Å². The molecule has 0 aromatic heterocycles. The summed E-state index contributed by atoms with van der Waals surface area (Å²) in [7, 11) is 8.33. The topological polar surface area (TPSA) is 0 Å². The van der Waals surface area contributed by atoms with Crippen LogP contribution in [0.1, 0.15) is 0 Å². The van der Waals surface area contributed by atoms with E-state index in [9.17, 15) is 0 Å². The second kappa shape index (κ2) is 3.53. The van der Waals surface area contributed by atoms with Crippen LogP contribution in [0.2, 0.25) is 0 Å². The highest BCUT2D eigenvalue weighted by molar-refractivity contribution is 7.89. The van der Waals surface area contributed by atoms with Gasteiger partial charge >= 0.3 is 0 Å². The summed E-state index contributed by atoms with van der Waals surface area (Å²) in [4.78, 5) is 0. The van der Waals surface area contributed by atoms with Crippen LogP contribution in [0.15, 0.2) is 0 Å². The fraction of sp³-hybridized carbons (Fsp3) is 0. The van der Waals surface area contributed by atoms with E-state index in [1.54, 1.807) is 39.0 Å². The smallest absolute Gasteiger partial charge is 0.00590 e. The van der Waals surface area contributed by atoms with Crippen LogP contribution in [-0.2, 0) is 0 Å². The molecule has 0 bridgehead atoms. The summed E-state index contributed by atoms with van der Waals surface area (Å²) >= 11 is 0. The van der Waals surface area contributed by atoms with Crippen molar-refractivity contribution >= 4 is 62.3 Å². The van der Waals surface area contributed by atoms with E-state index in [2.05, 4.69) is 0 Å². The summed E-state index contributed by atoms with van der Waals surface area (Å²) < 4.78 is 0. The van der Waals surface area contributed by atoms with Crippen LogP contribution in [-0.4, -0.2) is 62.3 Å². The molecule has 0 aliphatic heterocycles. The molecule has 0 unspecified atom stereocenters. The minimum absolute atomic E-state index is 0.0278. The molecule has 0 atom stereocenters. The van der Waals surface area contributed by atoms with Crippen molar-refractivity contribution in [1.29, 1.82) is 0 Å². The molecule has 0 saturated heterocycles. The summed E-state index contributed by atoms with van der Waals surface area (Å²) in [6, 6.07) is 0. The van der Waals surface area contributed by atoms with Crippen molar-refractivity contribution in [1.82, 2.24) is 0 Å². The Labute approximate surface area is 62.3 Å². The first kappa shape index (κ1) is 8.52. The Bertz CT molecular complexity index is 38.0. The minimum Gasteiger partial charge on any atom is -0.0119 e. The van der Waals surface area contributed by atoms with Crippen molar-refractivity contribution in [3.63, 3.8) is 0 Å². The third-order valence-corrected chi connectivity index (χ3v) is 155. The fourth-order valence-corrected chi connectivity index (χ4v) is 60.7. The van der Waals surface area contributed by atoms with Gasteiger partial charge in [0.1, 0.15) is 0 Å². The Kier molecular flexibility index (Phi) is 4.29. The van der Waals surface area contributed by atoms with Gasteiger partial charge in [0.25, 0.3) is 0 Å². The summed E-state index contributed by atoms with van der Waals surface area (Å²) in [6.07, 6.45) is 0.0278. The first-order valence-corrected chi connectivity index (χ1v) is 28.1. The van der Waals surface area contributed by atoms with Crippen molar-refractivity contribution in [2.75, 3.05) is 0 Å². The highest BCUT2D eigenvalue weighted by Crippen LogP contribution is 1.76. The van der Waals surface area contributed by atoms with Crippen LogP contribution in [0.3, 0.4) is 0 Å². The molecule has 0 aromatic rings. The third kappa shape index (κ3) is 4.05. The first-order valence-electron chi connectivity index (χ1n) is 3.12. The van der Waals surface area contributed by atoms with Crippen molar-refractivity contribution < 1.29 is 0 Å². The lowest BCUT2D eigenvalue weighted by Crippen LogP contribution is -2.52. The molecule has 0 amide bonds. The van der Waals surface area contributed by atoms with Gasteiger partial charge in [-0.05, 0) is 62.3 Å². The summed E-state index contributed by atoms with van der Waals surface area (Å²) in [5.74, 6) is 0. The van der Waals surface area contributed by atoms with Gasteiger partial charge in [0.2, 0.25) is 0 Å². The first-order chi connectivity index (χ1) is 3.12. The van der Waals surface area contributed by atoms with Crippen LogP contribution in [0.4, 0.5) is 0 Å². The lowest BCUT2D eigenvalue weighted by Gasteiger charge is -2.14. The molecule has 0 aromatic carbocycles. The molecule has 7 heteroatoms. The highest BCUT2D eigenvalue weighted by Gasteiger charge is 2.13. The summed E-state index contributed by atoms with van der Waals surface area (Å²) in [5.41, 5.74) is 0. The highest BCUT2D eigenvalue weighted by atomic mass is 30.2. The van der Waals surface area contributed by atoms with E-state index in [-0.39, 0.29) is 6.14 Å². The van der Waals surface area contributed by atoms with Crippen molar-refractivity contribution in [2.45, 2.75) is 0 Å². The Morgan fingerprint density at radius 1 is 1.00 bits per heavy atom. The second-order valence-electron chi connectivity index (χ2n) is 2.87.